The molecule has 17 nitrogen and oxygen atoms in total. The average molecular weight is 1130 g/mol. The van der Waals surface area contributed by atoms with Crippen LogP contribution in [0.15, 0.2) is 97.1 Å². The Balaban J connectivity index is 0.000000348. The zero-order valence-corrected chi connectivity index (χ0v) is 47.6. The molecular formula is C65H86N6O11. The molecule has 7 rings (SSSR count). The second kappa shape index (κ2) is 32.5. The number of rotatable bonds is 18. The summed E-state index contributed by atoms with van der Waals surface area (Å²) in [6, 6.07) is 30.0. The van der Waals surface area contributed by atoms with E-state index in [4.69, 9.17) is 18.9 Å². The van der Waals surface area contributed by atoms with E-state index in [0.717, 1.165) is 105 Å². The highest BCUT2D eigenvalue weighted by Gasteiger charge is 2.48. The number of aliphatic hydroxyl groups excluding tert-OH is 1. The van der Waals surface area contributed by atoms with E-state index in [9.17, 15) is 33.9 Å². The Kier molecular flexibility index (Phi) is 26.8. The van der Waals surface area contributed by atoms with Crippen molar-refractivity contribution in [2.45, 2.75) is 116 Å². The highest BCUT2D eigenvalue weighted by atomic mass is 16.7. The van der Waals surface area contributed by atoms with E-state index in [1.807, 2.05) is 24.3 Å². The number of nitrogens with zero attached hydrogens (tertiary/aromatic N) is 4. The maximum absolute atomic E-state index is 13.4. The number of benzene rings is 4. The number of Topliss-reactive ketones (excluding diaryl/α,β-unsaturated/α-hetero) is 2. The Bertz CT molecular complexity index is 2840. The molecule has 3 atom stereocenters. The van der Waals surface area contributed by atoms with E-state index in [2.05, 4.69) is 68.4 Å². The number of ether oxygens (including phenoxy) is 4. The van der Waals surface area contributed by atoms with Crippen LogP contribution < -0.4 is 10.6 Å². The zero-order chi connectivity index (χ0) is 57.8. The number of likely N-dealkylation sites (N-methyl/N-ethyl adjacent to an activating group) is 4. The predicted octanol–water partition coefficient (Wildman–Crippen LogP) is 6.49. The van der Waals surface area contributed by atoms with Gasteiger partial charge in [0.05, 0.1) is 12.2 Å². The molecule has 17 heteroatoms. The summed E-state index contributed by atoms with van der Waals surface area (Å²) in [7, 11) is 9.18. The van der Waals surface area contributed by atoms with Gasteiger partial charge in [-0.1, -0.05) is 62.8 Å². The van der Waals surface area contributed by atoms with Gasteiger partial charge in [-0.2, -0.15) is 0 Å². The van der Waals surface area contributed by atoms with Gasteiger partial charge in [-0.25, -0.2) is 0 Å². The maximum atomic E-state index is 13.4. The molecule has 0 aliphatic carbocycles. The third kappa shape index (κ3) is 17.7. The van der Waals surface area contributed by atoms with Crippen molar-refractivity contribution in [2.75, 3.05) is 88.4 Å². The molecule has 0 spiro atoms. The van der Waals surface area contributed by atoms with Crippen molar-refractivity contribution in [2.24, 2.45) is 0 Å². The van der Waals surface area contributed by atoms with Crippen LogP contribution in [-0.2, 0) is 51.2 Å². The van der Waals surface area contributed by atoms with E-state index in [0.29, 0.717) is 36.4 Å². The van der Waals surface area contributed by atoms with Gasteiger partial charge in [-0.05, 0) is 143 Å². The smallest absolute Gasteiger partial charge is 0.254 e. The summed E-state index contributed by atoms with van der Waals surface area (Å²) in [6.45, 7) is 8.12. The largest absolute Gasteiger partial charge is 0.388 e. The number of ketones is 2. The van der Waals surface area contributed by atoms with Crippen molar-refractivity contribution < 1.29 is 52.8 Å². The second-order valence-electron chi connectivity index (χ2n) is 20.6. The standard InChI is InChI=1S/C34H43N3O6.C29H35N3O5.2CH4/c1-34(33(40)35-2,30(38)24-43-31-7-5-6-22-42-31)36(3)32(39)28-16-14-26(15-17-28)9-8-25-10-12-27(13-11-25)23-37-20-18-29(41-4)19-21-37;1-29(26(34)20-33,28(36)30-2)31(3)27(35)24-13-11-22(12-14-24)6-5-21-7-9-23(10-8-21)19-32-17-15-25(37-4)16-18-32;;/h10-17,29,31H,5-7,18-24H2,1-4H3,(H,35,40);7-14,25,33H,15-20H2,1-4H3,(H,30,36);2*1H4/t31?,34-;29-;;/m11../s1. The molecule has 4 aromatic rings. The number of hydrogen-bond donors (Lipinski definition) is 3. The number of amides is 4. The van der Waals surface area contributed by atoms with Crippen LogP contribution >= 0.6 is 0 Å². The van der Waals surface area contributed by atoms with E-state index in [-0.39, 0.29) is 21.5 Å². The third-order valence-corrected chi connectivity index (χ3v) is 15.5. The summed E-state index contributed by atoms with van der Waals surface area (Å²) in [5.41, 5.74) is 2.82. The van der Waals surface area contributed by atoms with Crippen LogP contribution in [0.1, 0.15) is 128 Å². The lowest BCUT2D eigenvalue weighted by Crippen LogP contribution is -2.62. The molecule has 1 unspecified atom stereocenters. The third-order valence-electron chi connectivity index (χ3n) is 15.5. The first-order chi connectivity index (χ1) is 38.5. The number of carbonyl (C=O) groups excluding carboxylic acids is 6. The van der Waals surface area contributed by atoms with E-state index in [1.54, 1.807) is 62.8 Å². The van der Waals surface area contributed by atoms with E-state index < -0.39 is 59.2 Å². The van der Waals surface area contributed by atoms with Gasteiger partial charge in [-0.3, -0.25) is 38.6 Å². The maximum Gasteiger partial charge on any atom is 0.254 e. The molecule has 442 valence electrons. The van der Waals surface area contributed by atoms with Crippen molar-refractivity contribution in [3.05, 3.63) is 142 Å². The van der Waals surface area contributed by atoms with Crippen molar-refractivity contribution >= 4 is 35.2 Å². The van der Waals surface area contributed by atoms with Crippen LogP contribution in [0.2, 0.25) is 0 Å². The molecule has 3 fully saturated rings. The fourth-order valence-corrected chi connectivity index (χ4v) is 9.71. The van der Waals surface area contributed by atoms with Gasteiger partial charge in [0.1, 0.15) is 13.2 Å². The van der Waals surface area contributed by atoms with Gasteiger partial charge in [0.2, 0.25) is 0 Å². The molecule has 82 heavy (non-hydrogen) atoms. The number of carbonyl (C=O) groups is 6. The summed E-state index contributed by atoms with van der Waals surface area (Å²) in [4.78, 5) is 84.3. The topological polar surface area (TPSA) is 197 Å². The number of methoxy groups -OCH3 is 2. The molecule has 0 saturated carbocycles. The molecule has 0 bridgehead atoms. The molecule has 4 aromatic carbocycles. The fourth-order valence-electron chi connectivity index (χ4n) is 9.71. The summed E-state index contributed by atoms with van der Waals surface area (Å²) in [5, 5.41) is 14.2. The van der Waals surface area contributed by atoms with Crippen LogP contribution in [0.25, 0.3) is 0 Å². The van der Waals surface area contributed by atoms with Gasteiger partial charge >= 0.3 is 0 Å². The van der Waals surface area contributed by atoms with Crippen molar-refractivity contribution in [1.82, 2.24) is 30.2 Å². The summed E-state index contributed by atoms with van der Waals surface area (Å²) in [5.74, 6) is 9.03. The lowest BCUT2D eigenvalue weighted by molar-refractivity contribution is -0.174. The minimum absolute atomic E-state index is 0. The summed E-state index contributed by atoms with van der Waals surface area (Å²) >= 11 is 0. The number of nitrogens with one attached hydrogen (secondary N) is 2. The molecule has 0 radical (unpaired) electrons. The number of piperidine rings is 2. The van der Waals surface area contributed by atoms with Crippen LogP contribution in [0, 0.1) is 23.7 Å². The molecule has 3 N–H and O–H groups in total. The van der Waals surface area contributed by atoms with Crippen LogP contribution in [-0.4, -0.2) is 178 Å². The molecule has 4 amide bonds. The Morgan fingerprint density at radius 1 is 0.573 bits per heavy atom. The lowest BCUT2D eigenvalue weighted by atomic mass is 9.92. The Morgan fingerprint density at radius 2 is 0.927 bits per heavy atom. The molecule has 3 aliphatic heterocycles. The van der Waals surface area contributed by atoms with Crippen LogP contribution in [0.4, 0.5) is 0 Å². The fraction of sp³-hybridized carbons (Fsp3) is 0.477. The van der Waals surface area contributed by atoms with Gasteiger partial charge < -0.3 is 44.5 Å². The predicted molar refractivity (Wildman–Crippen MR) is 318 cm³/mol. The minimum Gasteiger partial charge on any atom is -0.388 e. The first-order valence-electron chi connectivity index (χ1n) is 27.3. The average Bonchev–Trinajstić information content (AvgIpc) is 3.60. The first-order valence-corrected chi connectivity index (χ1v) is 27.3. The van der Waals surface area contributed by atoms with Crippen LogP contribution in [0.3, 0.4) is 0 Å². The lowest BCUT2D eigenvalue weighted by Gasteiger charge is -2.36. The second-order valence-corrected chi connectivity index (χ2v) is 20.6. The zero-order valence-electron chi connectivity index (χ0n) is 47.6. The monoisotopic (exact) mass is 1130 g/mol. The van der Waals surface area contributed by atoms with Gasteiger partial charge in [0.25, 0.3) is 23.6 Å². The Labute approximate surface area is 486 Å². The molecule has 3 saturated heterocycles. The Morgan fingerprint density at radius 3 is 1.24 bits per heavy atom. The van der Waals surface area contributed by atoms with Crippen molar-refractivity contribution in [1.29, 1.82) is 0 Å². The quantitative estimate of drug-likeness (QED) is 0.0723. The molecular weight excluding hydrogens is 1040 g/mol. The van der Waals surface area contributed by atoms with Gasteiger partial charge in [0.15, 0.2) is 28.9 Å². The normalized spacial score (nSPS) is 17.1. The SMILES string of the molecule is C.C.CNC(=O)[C@@](C)(C(=O)CO)N(C)C(=O)c1ccc(C#Cc2ccc(CN3CCC(OC)CC3)cc2)cc1.CNC(=O)[C@@](C)(C(=O)COC1CCCCO1)N(C)C(=O)c1ccc(C#Cc2ccc(CN3CCC(OC)CC3)cc2)cc1. The van der Waals surface area contributed by atoms with Crippen molar-refractivity contribution in [3.63, 3.8) is 0 Å². The van der Waals surface area contributed by atoms with Gasteiger partial charge in [0, 0.05) is 122 Å². The summed E-state index contributed by atoms with van der Waals surface area (Å²) < 4.78 is 22.1. The highest BCUT2D eigenvalue weighted by Crippen LogP contribution is 2.24. The number of aliphatic hydroxyl groups is 1. The number of likely N-dealkylation sites (tertiary alicyclic amines) is 2. The first kappa shape index (κ1) is 67.4. The van der Waals surface area contributed by atoms with E-state index in [1.165, 1.54) is 58.1 Å². The minimum atomic E-state index is -1.83. The van der Waals surface area contributed by atoms with Crippen molar-refractivity contribution in [3.8, 4) is 23.7 Å². The highest BCUT2D eigenvalue weighted by molar-refractivity contribution is 6.15. The van der Waals surface area contributed by atoms with E-state index >= 15 is 0 Å². The summed E-state index contributed by atoms with van der Waals surface area (Å²) in [6.07, 6.45) is 7.12. The van der Waals surface area contributed by atoms with Gasteiger partial charge in [-0.15, -0.1) is 0 Å². The molecule has 0 aromatic heterocycles. The Hall–Kier alpha value is -7.06. The molecule has 3 aliphatic rings. The molecule has 3 heterocycles. The van der Waals surface area contributed by atoms with Crippen LogP contribution in [0.5, 0.6) is 0 Å². The number of hydrogen-bond acceptors (Lipinski definition) is 13.